The predicted molar refractivity (Wildman–Crippen MR) is 85.7 cm³/mol. The third kappa shape index (κ3) is 5.05. The highest BCUT2D eigenvalue weighted by molar-refractivity contribution is 5.77. The van der Waals surface area contributed by atoms with Crippen molar-refractivity contribution < 1.29 is 19.1 Å². The van der Waals surface area contributed by atoms with E-state index in [2.05, 4.69) is 0 Å². The van der Waals surface area contributed by atoms with Crippen molar-refractivity contribution in [1.82, 2.24) is 4.90 Å². The van der Waals surface area contributed by atoms with Crippen molar-refractivity contribution in [3.05, 3.63) is 35.6 Å². The van der Waals surface area contributed by atoms with Gasteiger partial charge in [-0.05, 0) is 49.3 Å². The lowest BCUT2D eigenvalue weighted by atomic mass is 9.94. The number of aliphatic carboxylic acids is 1. The monoisotopic (exact) mass is 321 g/mol. The first kappa shape index (κ1) is 17.4. The Morgan fingerprint density at radius 2 is 2.17 bits per heavy atom. The Morgan fingerprint density at radius 3 is 2.87 bits per heavy atom. The molecule has 1 amide bonds. The molecule has 0 bridgehead atoms. The van der Waals surface area contributed by atoms with E-state index in [0.29, 0.717) is 19.4 Å². The van der Waals surface area contributed by atoms with Crippen LogP contribution in [-0.2, 0) is 9.59 Å². The average molecular weight is 321 g/mol. The van der Waals surface area contributed by atoms with E-state index in [1.165, 1.54) is 12.1 Å². The Bertz CT molecular complexity index is 561. The summed E-state index contributed by atoms with van der Waals surface area (Å²) in [6, 6.07) is 6.37. The third-order valence-electron chi connectivity index (χ3n) is 4.54. The summed E-state index contributed by atoms with van der Waals surface area (Å²) < 4.78 is 13.3. The largest absolute Gasteiger partial charge is 0.481 e. The number of carboxylic acids is 1. The van der Waals surface area contributed by atoms with Gasteiger partial charge >= 0.3 is 5.97 Å². The van der Waals surface area contributed by atoms with Gasteiger partial charge in [-0.2, -0.15) is 0 Å². The number of rotatable bonds is 6. The molecule has 1 aliphatic heterocycles. The summed E-state index contributed by atoms with van der Waals surface area (Å²) >= 11 is 0. The molecule has 0 radical (unpaired) electrons. The van der Waals surface area contributed by atoms with Gasteiger partial charge in [-0.25, -0.2) is 4.39 Å². The lowest BCUT2D eigenvalue weighted by Crippen LogP contribution is -2.44. The van der Waals surface area contributed by atoms with Crippen LogP contribution in [0.3, 0.4) is 0 Å². The van der Waals surface area contributed by atoms with Crippen LogP contribution in [0.4, 0.5) is 4.39 Å². The van der Waals surface area contributed by atoms with Gasteiger partial charge in [-0.15, -0.1) is 0 Å². The smallest absolute Gasteiger partial charge is 0.303 e. The quantitative estimate of drug-likeness (QED) is 0.871. The van der Waals surface area contributed by atoms with Gasteiger partial charge in [-0.1, -0.05) is 19.1 Å². The molecule has 5 heteroatoms. The Kier molecular flexibility index (Phi) is 6.13. The maximum absolute atomic E-state index is 13.3. The van der Waals surface area contributed by atoms with Gasteiger partial charge in [0.2, 0.25) is 5.91 Å². The standard InChI is InChI=1S/C18H24FNO3/c1-13(14-5-4-6-15(19)12-14)11-17(21)20-10-3-2-7-16(20)8-9-18(22)23/h4-6,12-13,16H,2-3,7-11H2,1H3,(H,22,23)/t13-,16-/m0/s1. The average Bonchev–Trinajstić information content (AvgIpc) is 2.53. The van der Waals surface area contributed by atoms with E-state index < -0.39 is 5.97 Å². The molecule has 0 aromatic heterocycles. The first-order valence-corrected chi connectivity index (χ1v) is 8.24. The lowest BCUT2D eigenvalue weighted by molar-refractivity contribution is -0.140. The summed E-state index contributed by atoms with van der Waals surface area (Å²) in [5.74, 6) is -1.13. The van der Waals surface area contributed by atoms with Gasteiger partial charge in [0.25, 0.3) is 0 Å². The summed E-state index contributed by atoms with van der Waals surface area (Å²) in [7, 11) is 0. The van der Waals surface area contributed by atoms with Crippen molar-refractivity contribution in [2.24, 2.45) is 0 Å². The number of benzene rings is 1. The molecule has 1 heterocycles. The molecule has 2 rings (SSSR count). The summed E-state index contributed by atoms with van der Waals surface area (Å²) in [4.78, 5) is 25.2. The number of likely N-dealkylation sites (tertiary alicyclic amines) is 1. The van der Waals surface area contributed by atoms with Crippen LogP contribution in [-0.4, -0.2) is 34.5 Å². The van der Waals surface area contributed by atoms with Gasteiger partial charge in [-0.3, -0.25) is 9.59 Å². The van der Waals surface area contributed by atoms with E-state index in [9.17, 15) is 14.0 Å². The molecule has 4 nitrogen and oxygen atoms in total. The van der Waals surface area contributed by atoms with Crippen LogP contribution in [0.15, 0.2) is 24.3 Å². The minimum atomic E-state index is -0.823. The van der Waals surface area contributed by atoms with Crippen LogP contribution in [0.25, 0.3) is 0 Å². The second kappa shape index (κ2) is 8.09. The highest BCUT2D eigenvalue weighted by Gasteiger charge is 2.28. The summed E-state index contributed by atoms with van der Waals surface area (Å²) in [5.41, 5.74) is 0.817. The molecule has 1 N–H and O–H groups in total. The molecule has 0 unspecified atom stereocenters. The van der Waals surface area contributed by atoms with Crippen LogP contribution in [0.5, 0.6) is 0 Å². The summed E-state index contributed by atoms with van der Waals surface area (Å²) in [6.07, 6.45) is 3.79. The zero-order valence-corrected chi connectivity index (χ0v) is 13.5. The van der Waals surface area contributed by atoms with Crippen molar-refractivity contribution in [2.75, 3.05) is 6.54 Å². The molecule has 1 aliphatic rings. The van der Waals surface area contributed by atoms with Gasteiger partial charge in [0.1, 0.15) is 5.82 Å². The van der Waals surface area contributed by atoms with Gasteiger partial charge in [0.15, 0.2) is 0 Å². The summed E-state index contributed by atoms with van der Waals surface area (Å²) in [5, 5.41) is 8.85. The first-order valence-electron chi connectivity index (χ1n) is 8.24. The van der Waals surface area contributed by atoms with Crippen molar-refractivity contribution in [3.63, 3.8) is 0 Å². The number of hydrogen-bond donors (Lipinski definition) is 1. The predicted octanol–water partition coefficient (Wildman–Crippen LogP) is 3.57. The van der Waals surface area contributed by atoms with E-state index in [0.717, 1.165) is 24.8 Å². The molecule has 1 fully saturated rings. The van der Waals surface area contributed by atoms with Gasteiger partial charge < -0.3 is 10.0 Å². The van der Waals surface area contributed by atoms with Crippen LogP contribution < -0.4 is 0 Å². The highest BCUT2D eigenvalue weighted by atomic mass is 19.1. The Hall–Kier alpha value is -1.91. The van der Waals surface area contributed by atoms with Gasteiger partial charge in [0.05, 0.1) is 0 Å². The minimum absolute atomic E-state index is 0.0204. The molecular weight excluding hydrogens is 297 g/mol. The normalized spacial score (nSPS) is 19.4. The van der Waals surface area contributed by atoms with Crippen molar-refractivity contribution in [1.29, 1.82) is 0 Å². The zero-order chi connectivity index (χ0) is 16.8. The highest BCUT2D eigenvalue weighted by Crippen LogP contribution is 2.26. The Morgan fingerprint density at radius 1 is 1.39 bits per heavy atom. The molecular formula is C18H24FNO3. The lowest BCUT2D eigenvalue weighted by Gasteiger charge is -2.36. The fourth-order valence-corrected chi connectivity index (χ4v) is 3.23. The fourth-order valence-electron chi connectivity index (χ4n) is 3.23. The molecule has 1 aromatic rings. The first-order chi connectivity index (χ1) is 11.0. The SMILES string of the molecule is C[C@@H](CC(=O)N1CCCC[C@H]1CCC(=O)O)c1cccc(F)c1. The van der Waals surface area contributed by atoms with Gasteiger partial charge in [0, 0.05) is 25.4 Å². The van der Waals surface area contributed by atoms with E-state index in [-0.39, 0.29) is 30.1 Å². The number of nitrogens with zero attached hydrogens (tertiary/aromatic N) is 1. The maximum atomic E-state index is 13.3. The zero-order valence-electron chi connectivity index (χ0n) is 13.5. The summed E-state index contributed by atoms with van der Waals surface area (Å²) in [6.45, 7) is 2.61. The molecule has 0 aliphatic carbocycles. The Labute approximate surface area is 136 Å². The molecule has 23 heavy (non-hydrogen) atoms. The Balaban J connectivity index is 1.98. The maximum Gasteiger partial charge on any atom is 0.303 e. The number of carbonyl (C=O) groups excluding carboxylic acids is 1. The number of carbonyl (C=O) groups is 2. The number of hydrogen-bond acceptors (Lipinski definition) is 2. The van der Waals surface area contributed by atoms with E-state index in [1.54, 1.807) is 6.07 Å². The van der Waals surface area contributed by atoms with Crippen LogP contribution >= 0.6 is 0 Å². The van der Waals surface area contributed by atoms with Crippen LogP contribution in [0.1, 0.15) is 56.9 Å². The number of carboxylic acid groups (broad SMARTS) is 1. The van der Waals surface area contributed by atoms with E-state index >= 15 is 0 Å². The minimum Gasteiger partial charge on any atom is -0.481 e. The second-order valence-corrected chi connectivity index (χ2v) is 6.33. The van der Waals surface area contributed by atoms with E-state index in [4.69, 9.17) is 5.11 Å². The third-order valence-corrected chi connectivity index (χ3v) is 4.54. The molecule has 1 saturated heterocycles. The van der Waals surface area contributed by atoms with Crippen LogP contribution in [0, 0.1) is 5.82 Å². The van der Waals surface area contributed by atoms with Crippen molar-refractivity contribution in [2.45, 2.75) is 57.4 Å². The molecule has 0 saturated carbocycles. The van der Waals surface area contributed by atoms with Crippen molar-refractivity contribution in [3.8, 4) is 0 Å². The second-order valence-electron chi connectivity index (χ2n) is 6.33. The van der Waals surface area contributed by atoms with E-state index in [1.807, 2.05) is 17.9 Å². The van der Waals surface area contributed by atoms with Crippen LogP contribution in [0.2, 0.25) is 0 Å². The van der Waals surface area contributed by atoms with Crippen molar-refractivity contribution >= 4 is 11.9 Å². The number of halogens is 1. The molecule has 0 spiro atoms. The molecule has 1 aromatic carbocycles. The number of piperidine rings is 1. The molecule has 126 valence electrons. The fraction of sp³-hybridized carbons (Fsp3) is 0.556. The topological polar surface area (TPSA) is 57.6 Å². The molecule has 2 atom stereocenters. The number of amides is 1.